The quantitative estimate of drug-likeness (QED) is 0.537. The molecule has 2 N–H and O–H groups in total. The predicted octanol–water partition coefficient (Wildman–Crippen LogP) is 1.83. The Hall–Kier alpha value is 0.620. The number of aliphatic hydroxyl groups is 1. The van der Waals surface area contributed by atoms with E-state index in [1.807, 2.05) is 23.5 Å². The molecule has 0 fully saturated rings. The summed E-state index contributed by atoms with van der Waals surface area (Å²) in [5, 5.41) is 12.0. The summed E-state index contributed by atoms with van der Waals surface area (Å²) in [6.07, 6.45) is 5.71. The molecular weight excluding hydrogens is 214 g/mol. The van der Waals surface area contributed by atoms with Crippen molar-refractivity contribution in [2.45, 2.75) is 19.3 Å². The first-order valence-electron chi connectivity index (χ1n) is 5.30. The second kappa shape index (κ2) is 13.6. The van der Waals surface area contributed by atoms with Gasteiger partial charge in [-0.05, 0) is 43.6 Å². The van der Waals surface area contributed by atoms with Crippen LogP contribution in [0.5, 0.6) is 0 Å². The van der Waals surface area contributed by atoms with E-state index in [9.17, 15) is 0 Å². The van der Waals surface area contributed by atoms with E-state index in [0.29, 0.717) is 6.61 Å². The molecule has 0 aromatic carbocycles. The summed E-state index contributed by atoms with van der Waals surface area (Å²) in [7, 11) is 0. The summed E-state index contributed by atoms with van der Waals surface area (Å²) >= 11 is 3.84. The van der Waals surface area contributed by atoms with Crippen molar-refractivity contribution in [1.82, 2.24) is 5.32 Å². The molecule has 86 valence electrons. The first-order chi connectivity index (χ1) is 6.91. The van der Waals surface area contributed by atoms with Crippen molar-refractivity contribution in [3.63, 3.8) is 0 Å². The van der Waals surface area contributed by atoms with E-state index in [1.165, 1.54) is 24.3 Å². The van der Waals surface area contributed by atoms with Crippen molar-refractivity contribution < 1.29 is 5.11 Å². The molecule has 0 spiro atoms. The van der Waals surface area contributed by atoms with Gasteiger partial charge < -0.3 is 10.4 Å². The van der Waals surface area contributed by atoms with Gasteiger partial charge >= 0.3 is 0 Å². The van der Waals surface area contributed by atoms with Crippen molar-refractivity contribution in [3.8, 4) is 0 Å². The zero-order valence-electron chi connectivity index (χ0n) is 9.13. The average Bonchev–Trinajstić information content (AvgIpc) is 2.21. The third-order valence-corrected chi connectivity index (χ3v) is 3.59. The van der Waals surface area contributed by atoms with E-state index in [0.717, 1.165) is 25.3 Å². The molecule has 0 unspecified atom stereocenters. The molecule has 4 heteroatoms. The molecule has 0 aromatic heterocycles. The minimum Gasteiger partial charge on any atom is -0.396 e. The highest BCUT2D eigenvalue weighted by molar-refractivity contribution is 7.99. The van der Waals surface area contributed by atoms with Gasteiger partial charge in [0.2, 0.25) is 0 Å². The Balaban J connectivity index is 2.78. The van der Waals surface area contributed by atoms with E-state index >= 15 is 0 Å². The van der Waals surface area contributed by atoms with Crippen LogP contribution in [0.4, 0.5) is 0 Å². The molecule has 0 aliphatic carbocycles. The molecule has 0 amide bonds. The lowest BCUT2D eigenvalue weighted by atomic mass is 10.3. The monoisotopic (exact) mass is 237 g/mol. The highest BCUT2D eigenvalue weighted by Crippen LogP contribution is 2.00. The van der Waals surface area contributed by atoms with Gasteiger partial charge in [0, 0.05) is 18.9 Å². The zero-order chi connectivity index (χ0) is 10.5. The summed E-state index contributed by atoms with van der Waals surface area (Å²) in [6.45, 7) is 2.59. The van der Waals surface area contributed by atoms with E-state index in [2.05, 4.69) is 11.6 Å². The SMILES string of the molecule is CSCCCCNCCSCCCO. The van der Waals surface area contributed by atoms with Gasteiger partial charge in [-0.1, -0.05) is 0 Å². The summed E-state index contributed by atoms with van der Waals surface area (Å²) in [4.78, 5) is 0. The summed E-state index contributed by atoms with van der Waals surface area (Å²) in [5.41, 5.74) is 0. The van der Waals surface area contributed by atoms with Crippen LogP contribution in [0.2, 0.25) is 0 Å². The van der Waals surface area contributed by atoms with E-state index < -0.39 is 0 Å². The maximum Gasteiger partial charge on any atom is 0.0438 e. The Labute approximate surface area is 96.6 Å². The minimum atomic E-state index is 0.328. The normalized spacial score (nSPS) is 10.7. The lowest BCUT2D eigenvalue weighted by Gasteiger charge is -2.03. The summed E-state index contributed by atoms with van der Waals surface area (Å²) < 4.78 is 0. The third-order valence-electron chi connectivity index (χ3n) is 1.82. The number of hydrogen-bond donors (Lipinski definition) is 2. The van der Waals surface area contributed by atoms with Gasteiger partial charge in [-0.3, -0.25) is 0 Å². The Morgan fingerprint density at radius 1 is 1.00 bits per heavy atom. The van der Waals surface area contributed by atoms with Gasteiger partial charge in [-0.2, -0.15) is 23.5 Å². The van der Waals surface area contributed by atoms with Crippen LogP contribution in [0.15, 0.2) is 0 Å². The lowest BCUT2D eigenvalue weighted by molar-refractivity contribution is 0.296. The van der Waals surface area contributed by atoms with Gasteiger partial charge in [-0.25, -0.2) is 0 Å². The minimum absolute atomic E-state index is 0.328. The van der Waals surface area contributed by atoms with Crippen molar-refractivity contribution in [3.05, 3.63) is 0 Å². The van der Waals surface area contributed by atoms with E-state index in [1.54, 1.807) is 0 Å². The van der Waals surface area contributed by atoms with Crippen LogP contribution in [-0.2, 0) is 0 Å². The van der Waals surface area contributed by atoms with Crippen molar-refractivity contribution in [1.29, 1.82) is 0 Å². The maximum atomic E-state index is 8.56. The zero-order valence-corrected chi connectivity index (χ0v) is 10.8. The van der Waals surface area contributed by atoms with Crippen molar-refractivity contribution >= 4 is 23.5 Å². The fourth-order valence-electron chi connectivity index (χ4n) is 1.03. The molecule has 2 nitrogen and oxygen atoms in total. The van der Waals surface area contributed by atoms with E-state index in [-0.39, 0.29) is 0 Å². The van der Waals surface area contributed by atoms with Crippen LogP contribution in [0.1, 0.15) is 19.3 Å². The molecule has 0 aliphatic heterocycles. The molecule has 0 heterocycles. The molecule has 0 atom stereocenters. The first-order valence-corrected chi connectivity index (χ1v) is 7.85. The lowest BCUT2D eigenvalue weighted by Crippen LogP contribution is -2.18. The molecule has 0 aromatic rings. The third kappa shape index (κ3) is 12.6. The van der Waals surface area contributed by atoms with E-state index in [4.69, 9.17) is 5.11 Å². The molecular formula is C10H23NOS2. The number of unbranched alkanes of at least 4 members (excludes halogenated alkanes) is 1. The summed E-state index contributed by atoms with van der Waals surface area (Å²) in [6, 6.07) is 0. The molecule has 0 bridgehead atoms. The van der Waals surface area contributed by atoms with Crippen molar-refractivity contribution in [2.24, 2.45) is 0 Å². The number of rotatable bonds is 11. The largest absolute Gasteiger partial charge is 0.396 e. The topological polar surface area (TPSA) is 32.3 Å². The molecule has 0 rings (SSSR count). The smallest absolute Gasteiger partial charge is 0.0438 e. The second-order valence-electron chi connectivity index (χ2n) is 3.14. The predicted molar refractivity (Wildman–Crippen MR) is 69.5 cm³/mol. The molecule has 0 aliphatic rings. The maximum absolute atomic E-state index is 8.56. The van der Waals surface area contributed by atoms with Crippen LogP contribution in [0.3, 0.4) is 0 Å². The Morgan fingerprint density at radius 3 is 2.57 bits per heavy atom. The number of thioether (sulfide) groups is 2. The number of aliphatic hydroxyl groups excluding tert-OH is 1. The van der Waals surface area contributed by atoms with Crippen LogP contribution < -0.4 is 5.32 Å². The number of hydrogen-bond acceptors (Lipinski definition) is 4. The van der Waals surface area contributed by atoms with Gasteiger partial charge in [-0.15, -0.1) is 0 Å². The first kappa shape index (κ1) is 14.6. The molecule has 0 radical (unpaired) electrons. The van der Waals surface area contributed by atoms with Gasteiger partial charge in [0.1, 0.15) is 0 Å². The van der Waals surface area contributed by atoms with Crippen LogP contribution in [-0.4, -0.2) is 48.3 Å². The molecule has 0 saturated heterocycles. The fraction of sp³-hybridized carbons (Fsp3) is 1.00. The average molecular weight is 237 g/mol. The van der Waals surface area contributed by atoms with Crippen LogP contribution >= 0.6 is 23.5 Å². The second-order valence-corrected chi connectivity index (χ2v) is 5.35. The molecule has 0 saturated carbocycles. The van der Waals surface area contributed by atoms with Gasteiger partial charge in [0.15, 0.2) is 0 Å². The number of nitrogens with one attached hydrogen (secondary N) is 1. The highest BCUT2D eigenvalue weighted by Gasteiger charge is 1.90. The van der Waals surface area contributed by atoms with Crippen molar-refractivity contribution in [2.75, 3.05) is 43.2 Å². The van der Waals surface area contributed by atoms with Gasteiger partial charge in [0.05, 0.1) is 0 Å². The Kier molecular flexibility index (Phi) is 14.2. The Morgan fingerprint density at radius 2 is 1.86 bits per heavy atom. The van der Waals surface area contributed by atoms with Crippen LogP contribution in [0.25, 0.3) is 0 Å². The Bertz CT molecular complexity index is 92.1. The standard InChI is InChI=1S/C10H23NOS2/c1-13-8-3-2-5-11-6-10-14-9-4-7-12/h11-12H,2-10H2,1H3. The highest BCUT2D eigenvalue weighted by atomic mass is 32.2. The van der Waals surface area contributed by atoms with Crippen LogP contribution in [0, 0.1) is 0 Å². The molecule has 14 heavy (non-hydrogen) atoms. The van der Waals surface area contributed by atoms with Gasteiger partial charge in [0.25, 0.3) is 0 Å². The summed E-state index contributed by atoms with van der Waals surface area (Å²) in [5.74, 6) is 3.54. The fourth-order valence-corrected chi connectivity index (χ4v) is 2.35.